The highest BCUT2D eigenvalue weighted by Gasteiger charge is 2.16. The van der Waals surface area contributed by atoms with E-state index in [1.807, 2.05) is 0 Å². The largest absolute Gasteiger partial charge is 0.332 e. The monoisotopic (exact) mass is 349 g/mol. The Morgan fingerprint density at radius 2 is 1.92 bits per heavy atom. The fourth-order valence-electron chi connectivity index (χ4n) is 2.55. The molecule has 0 bridgehead atoms. The third-order valence-corrected chi connectivity index (χ3v) is 3.84. The van der Waals surface area contributed by atoms with Crippen molar-refractivity contribution in [3.63, 3.8) is 0 Å². The first-order valence-electron chi connectivity index (χ1n) is 7.99. The van der Waals surface area contributed by atoms with Gasteiger partial charge in [-0.05, 0) is 35.4 Å². The molecule has 3 aromatic rings. The average molecular weight is 349 g/mol. The Hall–Kier alpha value is -3.53. The Kier molecular flexibility index (Phi) is 5.34. The number of benzene rings is 2. The highest BCUT2D eigenvalue weighted by molar-refractivity contribution is 5.76. The van der Waals surface area contributed by atoms with Gasteiger partial charge in [-0.25, -0.2) is 9.07 Å². The second-order valence-corrected chi connectivity index (χ2v) is 5.79. The third-order valence-electron chi connectivity index (χ3n) is 3.84. The van der Waals surface area contributed by atoms with E-state index < -0.39 is 0 Å². The molecule has 0 aliphatic heterocycles. The maximum absolute atomic E-state index is 13.5. The Morgan fingerprint density at radius 3 is 2.58 bits per heavy atom. The molecule has 1 aromatic heterocycles. The van der Waals surface area contributed by atoms with Gasteiger partial charge in [0, 0.05) is 19.3 Å². The molecule has 0 aliphatic carbocycles. The molecule has 0 aliphatic rings. The zero-order valence-electron chi connectivity index (χ0n) is 13.9. The number of nitrogens with zero attached hydrogens (tertiary/aromatic N) is 5. The van der Waals surface area contributed by atoms with Gasteiger partial charge in [-0.15, -0.1) is 5.10 Å². The molecule has 0 atom stereocenters. The SMILES string of the molecule is N#Cc1ccc(CN(Cc2cccc(F)c2)C(=O)Cn2ccnn2)cc1. The topological polar surface area (TPSA) is 74.8 Å². The summed E-state index contributed by atoms with van der Waals surface area (Å²) in [5.74, 6) is -0.506. The molecule has 0 spiro atoms. The van der Waals surface area contributed by atoms with E-state index in [1.165, 1.54) is 23.0 Å². The molecule has 130 valence electrons. The van der Waals surface area contributed by atoms with Crippen molar-refractivity contribution in [2.24, 2.45) is 0 Å². The van der Waals surface area contributed by atoms with E-state index in [2.05, 4.69) is 16.4 Å². The molecule has 0 radical (unpaired) electrons. The summed E-state index contributed by atoms with van der Waals surface area (Å²) in [4.78, 5) is 14.3. The number of hydrogen-bond donors (Lipinski definition) is 0. The highest BCUT2D eigenvalue weighted by Crippen LogP contribution is 2.13. The average Bonchev–Trinajstić information content (AvgIpc) is 3.15. The lowest BCUT2D eigenvalue weighted by atomic mass is 10.1. The minimum atomic E-state index is -0.343. The Morgan fingerprint density at radius 1 is 1.15 bits per heavy atom. The van der Waals surface area contributed by atoms with E-state index in [0.717, 1.165) is 5.56 Å². The smallest absolute Gasteiger partial charge is 0.244 e. The number of amides is 1. The molecule has 6 nitrogen and oxygen atoms in total. The minimum Gasteiger partial charge on any atom is -0.332 e. The standard InChI is InChI=1S/C19H16FN5O/c20-18-3-1-2-17(10-18)13-24(19(26)14-25-9-8-22-23-25)12-16-6-4-15(11-21)5-7-16/h1-10H,12-14H2. The van der Waals surface area contributed by atoms with E-state index in [0.29, 0.717) is 17.7 Å². The van der Waals surface area contributed by atoms with E-state index in [1.54, 1.807) is 47.5 Å². The van der Waals surface area contributed by atoms with Crippen LogP contribution in [-0.2, 0) is 24.4 Å². The lowest BCUT2D eigenvalue weighted by molar-refractivity contribution is -0.133. The van der Waals surface area contributed by atoms with Crippen LogP contribution in [0.4, 0.5) is 4.39 Å². The maximum atomic E-state index is 13.5. The van der Waals surface area contributed by atoms with Crippen LogP contribution in [-0.4, -0.2) is 25.8 Å². The second kappa shape index (κ2) is 8.03. The Bertz CT molecular complexity index is 916. The minimum absolute atomic E-state index is 0.0472. The third kappa shape index (κ3) is 4.51. The van der Waals surface area contributed by atoms with Gasteiger partial charge in [-0.3, -0.25) is 4.79 Å². The molecule has 7 heteroatoms. The molecule has 2 aromatic carbocycles. The zero-order valence-corrected chi connectivity index (χ0v) is 13.9. The van der Waals surface area contributed by atoms with Crippen molar-refractivity contribution >= 4 is 5.91 Å². The van der Waals surface area contributed by atoms with E-state index in [9.17, 15) is 9.18 Å². The second-order valence-electron chi connectivity index (χ2n) is 5.79. The van der Waals surface area contributed by atoms with E-state index in [-0.39, 0.29) is 24.8 Å². The van der Waals surface area contributed by atoms with Gasteiger partial charge in [-0.1, -0.05) is 29.5 Å². The molecule has 0 unspecified atom stereocenters. The molecule has 0 saturated heterocycles. The molecule has 0 saturated carbocycles. The van der Waals surface area contributed by atoms with Crippen LogP contribution in [0.25, 0.3) is 0 Å². The van der Waals surface area contributed by atoms with Gasteiger partial charge < -0.3 is 4.90 Å². The van der Waals surface area contributed by atoms with Crippen molar-refractivity contribution in [2.75, 3.05) is 0 Å². The van der Waals surface area contributed by atoms with Crippen LogP contribution in [0.5, 0.6) is 0 Å². The van der Waals surface area contributed by atoms with Gasteiger partial charge in [-0.2, -0.15) is 5.26 Å². The number of rotatable bonds is 6. The summed E-state index contributed by atoms with van der Waals surface area (Å²) in [5, 5.41) is 16.4. The Labute approximate surface area is 150 Å². The molecule has 1 heterocycles. The number of halogens is 1. The number of carbonyl (C=O) groups is 1. The van der Waals surface area contributed by atoms with Crippen molar-refractivity contribution in [3.8, 4) is 6.07 Å². The summed E-state index contributed by atoms with van der Waals surface area (Å²) in [6, 6.07) is 15.3. The number of carbonyl (C=O) groups excluding carboxylic acids is 1. The molecule has 1 amide bonds. The van der Waals surface area contributed by atoms with E-state index >= 15 is 0 Å². The summed E-state index contributed by atoms with van der Waals surface area (Å²) < 4.78 is 14.9. The first kappa shape index (κ1) is 17.3. The lowest BCUT2D eigenvalue weighted by Gasteiger charge is -2.23. The van der Waals surface area contributed by atoms with Gasteiger partial charge in [0.1, 0.15) is 12.4 Å². The van der Waals surface area contributed by atoms with Crippen molar-refractivity contribution in [1.29, 1.82) is 5.26 Å². The van der Waals surface area contributed by atoms with Crippen LogP contribution in [0.15, 0.2) is 60.9 Å². The Balaban J connectivity index is 1.79. The summed E-state index contributed by atoms with van der Waals surface area (Å²) >= 11 is 0. The molecule has 0 fully saturated rings. The summed E-state index contributed by atoms with van der Waals surface area (Å²) in [6.45, 7) is 0.659. The van der Waals surface area contributed by atoms with Crippen LogP contribution >= 0.6 is 0 Å². The first-order chi connectivity index (χ1) is 12.6. The van der Waals surface area contributed by atoms with Crippen LogP contribution in [0.2, 0.25) is 0 Å². The fraction of sp³-hybridized carbons (Fsp3) is 0.158. The summed E-state index contributed by atoms with van der Waals surface area (Å²) in [6.07, 6.45) is 3.12. The fourth-order valence-corrected chi connectivity index (χ4v) is 2.55. The molecule has 3 rings (SSSR count). The zero-order chi connectivity index (χ0) is 18.4. The van der Waals surface area contributed by atoms with E-state index in [4.69, 9.17) is 5.26 Å². The first-order valence-corrected chi connectivity index (χ1v) is 7.99. The van der Waals surface area contributed by atoms with Crippen molar-refractivity contribution in [2.45, 2.75) is 19.6 Å². The predicted molar refractivity (Wildman–Crippen MR) is 91.8 cm³/mol. The molecule has 0 N–H and O–H groups in total. The molecule has 26 heavy (non-hydrogen) atoms. The summed E-state index contributed by atoms with van der Waals surface area (Å²) in [7, 11) is 0. The number of aromatic nitrogens is 3. The van der Waals surface area contributed by atoms with Crippen LogP contribution in [0.3, 0.4) is 0 Å². The lowest BCUT2D eigenvalue weighted by Crippen LogP contribution is -2.33. The van der Waals surface area contributed by atoms with Crippen molar-refractivity contribution < 1.29 is 9.18 Å². The quantitative estimate of drug-likeness (QED) is 0.685. The van der Waals surface area contributed by atoms with Gasteiger partial charge >= 0.3 is 0 Å². The number of nitriles is 1. The van der Waals surface area contributed by atoms with Crippen molar-refractivity contribution in [1.82, 2.24) is 19.9 Å². The highest BCUT2D eigenvalue weighted by atomic mass is 19.1. The number of hydrogen-bond acceptors (Lipinski definition) is 4. The van der Waals surface area contributed by atoms with Crippen LogP contribution in [0, 0.1) is 17.1 Å². The molecular weight excluding hydrogens is 333 g/mol. The molecular formula is C19H16FN5O. The maximum Gasteiger partial charge on any atom is 0.244 e. The van der Waals surface area contributed by atoms with Gasteiger partial charge in [0.2, 0.25) is 5.91 Å². The van der Waals surface area contributed by atoms with Gasteiger partial charge in [0.05, 0.1) is 17.8 Å². The normalized spacial score (nSPS) is 10.3. The van der Waals surface area contributed by atoms with Crippen LogP contribution in [0.1, 0.15) is 16.7 Å². The predicted octanol–water partition coefficient (Wildman–Crippen LogP) is 2.52. The van der Waals surface area contributed by atoms with Crippen LogP contribution < -0.4 is 0 Å². The van der Waals surface area contributed by atoms with Gasteiger partial charge in [0.25, 0.3) is 0 Å². The van der Waals surface area contributed by atoms with Gasteiger partial charge in [0.15, 0.2) is 0 Å². The van der Waals surface area contributed by atoms with Crippen molar-refractivity contribution in [3.05, 3.63) is 83.4 Å². The summed E-state index contributed by atoms with van der Waals surface area (Å²) in [5.41, 5.74) is 2.14.